The van der Waals surface area contributed by atoms with Crippen molar-refractivity contribution in [3.05, 3.63) is 0 Å². The first-order chi connectivity index (χ1) is 48.7. The average Bonchev–Trinajstić information content (AvgIpc) is 0.919. The first-order valence-electron chi connectivity index (χ1n) is 42.3. The molecular formula is C82H160O17P2. The summed E-state index contributed by atoms with van der Waals surface area (Å²) in [6.45, 7) is 14.3. The van der Waals surface area contributed by atoms with Crippen molar-refractivity contribution in [1.82, 2.24) is 0 Å². The van der Waals surface area contributed by atoms with Crippen molar-refractivity contribution in [1.29, 1.82) is 0 Å². The number of carbonyl (C=O) groups is 4. The molecule has 101 heavy (non-hydrogen) atoms. The first-order valence-corrected chi connectivity index (χ1v) is 45.3. The van der Waals surface area contributed by atoms with Gasteiger partial charge in [-0.2, -0.15) is 0 Å². The van der Waals surface area contributed by atoms with Crippen molar-refractivity contribution in [2.45, 2.75) is 440 Å². The molecule has 0 saturated heterocycles. The van der Waals surface area contributed by atoms with E-state index in [9.17, 15) is 43.2 Å². The summed E-state index contributed by atoms with van der Waals surface area (Å²) >= 11 is 0. The van der Waals surface area contributed by atoms with E-state index >= 15 is 0 Å². The minimum Gasteiger partial charge on any atom is -0.462 e. The molecule has 0 spiro atoms. The molecule has 600 valence electrons. The summed E-state index contributed by atoms with van der Waals surface area (Å²) in [7, 11) is -9.92. The van der Waals surface area contributed by atoms with Gasteiger partial charge >= 0.3 is 39.5 Å². The molecule has 0 amide bonds. The second-order valence-electron chi connectivity index (χ2n) is 30.7. The van der Waals surface area contributed by atoms with Gasteiger partial charge < -0.3 is 33.8 Å². The largest absolute Gasteiger partial charge is 0.472 e. The van der Waals surface area contributed by atoms with Crippen molar-refractivity contribution < 1.29 is 80.2 Å². The van der Waals surface area contributed by atoms with Crippen LogP contribution in [-0.4, -0.2) is 96.7 Å². The number of phosphoric acid groups is 2. The van der Waals surface area contributed by atoms with E-state index in [0.29, 0.717) is 25.7 Å². The van der Waals surface area contributed by atoms with Crippen molar-refractivity contribution in [2.24, 2.45) is 23.7 Å². The molecule has 0 fully saturated rings. The van der Waals surface area contributed by atoms with E-state index in [2.05, 4.69) is 55.4 Å². The summed E-state index contributed by atoms with van der Waals surface area (Å²) in [6, 6.07) is 0. The Balaban J connectivity index is 5.18. The summed E-state index contributed by atoms with van der Waals surface area (Å²) in [5.74, 6) is 1.05. The van der Waals surface area contributed by atoms with Gasteiger partial charge in [0.2, 0.25) is 0 Å². The Labute approximate surface area is 619 Å². The molecule has 0 aromatic carbocycles. The van der Waals surface area contributed by atoms with Crippen LogP contribution in [-0.2, 0) is 65.4 Å². The lowest BCUT2D eigenvalue weighted by atomic mass is 9.99. The summed E-state index contributed by atoms with van der Waals surface area (Å²) in [5.41, 5.74) is 0. The van der Waals surface area contributed by atoms with Gasteiger partial charge in [-0.05, 0) is 49.4 Å². The van der Waals surface area contributed by atoms with Crippen LogP contribution >= 0.6 is 15.6 Å². The quantitative estimate of drug-likeness (QED) is 0.0222. The third-order valence-corrected chi connectivity index (χ3v) is 22.1. The maximum absolute atomic E-state index is 13.1. The number of unbranched alkanes of at least 4 members (excludes halogenated alkanes) is 42. The van der Waals surface area contributed by atoms with Gasteiger partial charge in [-0.15, -0.1) is 0 Å². The molecule has 0 aromatic heterocycles. The van der Waals surface area contributed by atoms with E-state index in [-0.39, 0.29) is 25.7 Å². The molecule has 0 aromatic rings. The molecular weight excluding hydrogens is 1320 g/mol. The zero-order valence-electron chi connectivity index (χ0n) is 66.5. The van der Waals surface area contributed by atoms with Gasteiger partial charge in [-0.25, -0.2) is 9.13 Å². The maximum Gasteiger partial charge on any atom is 0.472 e. The molecule has 8 atom stereocenters. The number of hydrogen-bond acceptors (Lipinski definition) is 15. The highest BCUT2D eigenvalue weighted by molar-refractivity contribution is 7.47. The number of carbonyl (C=O) groups excluding carboxylic acids is 4. The van der Waals surface area contributed by atoms with Crippen LogP contribution in [0.15, 0.2) is 0 Å². The van der Waals surface area contributed by atoms with Crippen LogP contribution in [0.25, 0.3) is 0 Å². The lowest BCUT2D eigenvalue weighted by Crippen LogP contribution is -2.30. The van der Waals surface area contributed by atoms with Gasteiger partial charge in [0.15, 0.2) is 12.2 Å². The van der Waals surface area contributed by atoms with Crippen LogP contribution in [0.1, 0.15) is 421 Å². The summed E-state index contributed by atoms with van der Waals surface area (Å²) in [5, 5.41) is 10.6. The molecule has 5 unspecified atom stereocenters. The summed E-state index contributed by atoms with van der Waals surface area (Å²) in [6.07, 6.45) is 58.3. The van der Waals surface area contributed by atoms with Crippen LogP contribution in [0.3, 0.4) is 0 Å². The second-order valence-corrected chi connectivity index (χ2v) is 33.6. The molecule has 0 aliphatic rings. The van der Waals surface area contributed by atoms with Crippen molar-refractivity contribution in [2.75, 3.05) is 39.6 Å². The minimum atomic E-state index is -4.96. The third kappa shape index (κ3) is 72.1. The standard InChI is InChI=1S/C82H160O17P2/c1-9-73(6)59-51-43-35-29-25-21-18-19-23-27-31-38-48-56-64-81(86)98-78(69-93-80(85)63-55-47-41-40-45-53-61-75(8)11-3)71-97-101(90,91)95-67-76(83)66-94-100(88,89)96-70-77(99-82(87)65-57-49-39-33-32-36-44-52-60-74(7)10-2)68-92-79(84)62-54-46-37-30-26-22-17-15-13-12-14-16-20-24-28-34-42-50-58-72(4)5/h72-78,83H,9-71H2,1-8H3,(H,88,89)(H,90,91)/t73?,74?,75?,76-,77-,78-/m1/s1. The fourth-order valence-corrected chi connectivity index (χ4v) is 14.1. The predicted octanol–water partition coefficient (Wildman–Crippen LogP) is 24.4. The lowest BCUT2D eigenvalue weighted by molar-refractivity contribution is -0.161. The van der Waals surface area contributed by atoms with Gasteiger partial charge in [-0.3, -0.25) is 37.3 Å². The zero-order chi connectivity index (χ0) is 74.6. The normalized spacial score (nSPS) is 14.8. The fourth-order valence-electron chi connectivity index (χ4n) is 12.5. The molecule has 0 bridgehead atoms. The molecule has 0 rings (SSSR count). The number of ether oxygens (including phenoxy) is 4. The lowest BCUT2D eigenvalue weighted by Gasteiger charge is -2.21. The fraction of sp³-hybridized carbons (Fsp3) is 0.951. The smallest absolute Gasteiger partial charge is 0.462 e. The van der Waals surface area contributed by atoms with Crippen LogP contribution in [0.5, 0.6) is 0 Å². The van der Waals surface area contributed by atoms with E-state index < -0.39 is 97.5 Å². The van der Waals surface area contributed by atoms with E-state index in [1.165, 1.54) is 218 Å². The molecule has 0 saturated carbocycles. The molecule has 17 nitrogen and oxygen atoms in total. The number of esters is 4. The third-order valence-electron chi connectivity index (χ3n) is 20.2. The topological polar surface area (TPSA) is 237 Å². The first kappa shape index (κ1) is 99.1. The van der Waals surface area contributed by atoms with Gasteiger partial charge in [-0.1, -0.05) is 370 Å². The predicted molar refractivity (Wildman–Crippen MR) is 414 cm³/mol. The van der Waals surface area contributed by atoms with E-state index in [4.69, 9.17) is 37.0 Å². The highest BCUT2D eigenvalue weighted by Crippen LogP contribution is 2.45. The van der Waals surface area contributed by atoms with Crippen LogP contribution in [0.2, 0.25) is 0 Å². The highest BCUT2D eigenvalue weighted by atomic mass is 31.2. The van der Waals surface area contributed by atoms with Crippen LogP contribution < -0.4 is 0 Å². The Morgan fingerprint density at radius 2 is 0.475 bits per heavy atom. The van der Waals surface area contributed by atoms with Gasteiger partial charge in [0.25, 0.3) is 0 Å². The molecule has 0 aliphatic carbocycles. The molecule has 3 N–H and O–H groups in total. The summed E-state index contributed by atoms with van der Waals surface area (Å²) < 4.78 is 68.7. The van der Waals surface area contributed by atoms with E-state index in [0.717, 1.165) is 120 Å². The SMILES string of the molecule is CCC(C)CCCCCCCCCCCCCCCCC(=O)O[C@H](COC(=O)CCCCCCCCC(C)CC)COP(=O)(O)OC[C@H](O)COP(=O)(O)OC[C@@H](COC(=O)CCCCCCCCCCCCCCCCCCCCC(C)C)OC(=O)CCCCCCCCCCC(C)CC. The molecule has 0 aliphatic heterocycles. The maximum atomic E-state index is 13.1. The number of hydrogen-bond donors (Lipinski definition) is 3. The summed E-state index contributed by atoms with van der Waals surface area (Å²) in [4.78, 5) is 73.0. The van der Waals surface area contributed by atoms with Crippen molar-refractivity contribution in [3.8, 4) is 0 Å². The second kappa shape index (κ2) is 71.0. The Morgan fingerprint density at radius 3 is 0.703 bits per heavy atom. The minimum absolute atomic E-state index is 0.105. The van der Waals surface area contributed by atoms with E-state index in [1.807, 2.05) is 0 Å². The van der Waals surface area contributed by atoms with Crippen molar-refractivity contribution >= 4 is 39.5 Å². The number of aliphatic hydroxyl groups excluding tert-OH is 1. The number of phosphoric ester groups is 2. The Morgan fingerprint density at radius 1 is 0.277 bits per heavy atom. The van der Waals surface area contributed by atoms with E-state index in [1.54, 1.807) is 0 Å². The Bertz CT molecular complexity index is 1980. The van der Waals surface area contributed by atoms with Crippen LogP contribution in [0.4, 0.5) is 0 Å². The average molecular weight is 1480 g/mol. The number of aliphatic hydroxyl groups is 1. The Kier molecular flexibility index (Phi) is 69.6. The van der Waals surface area contributed by atoms with Gasteiger partial charge in [0.05, 0.1) is 26.4 Å². The Hall–Kier alpha value is -1.94. The molecule has 0 radical (unpaired) electrons. The monoisotopic (exact) mass is 1480 g/mol. The number of rotatable bonds is 79. The molecule has 0 heterocycles. The van der Waals surface area contributed by atoms with Crippen molar-refractivity contribution in [3.63, 3.8) is 0 Å². The zero-order valence-corrected chi connectivity index (χ0v) is 68.3. The van der Waals surface area contributed by atoms with Gasteiger partial charge in [0.1, 0.15) is 19.3 Å². The molecule has 19 heteroatoms. The van der Waals surface area contributed by atoms with Crippen LogP contribution in [0, 0.1) is 23.7 Å². The highest BCUT2D eigenvalue weighted by Gasteiger charge is 2.30. The van der Waals surface area contributed by atoms with Gasteiger partial charge in [0, 0.05) is 25.7 Å².